The number of nitrogens with zero attached hydrogens (tertiary/aromatic N) is 5. The Morgan fingerprint density at radius 1 is 1.03 bits per heavy atom. The first kappa shape index (κ1) is 21.7. The van der Waals surface area contributed by atoms with Crippen molar-refractivity contribution in [2.24, 2.45) is 0 Å². The highest BCUT2D eigenvalue weighted by Crippen LogP contribution is 2.32. The van der Waals surface area contributed by atoms with Crippen molar-refractivity contribution >= 4 is 17.5 Å². The summed E-state index contributed by atoms with van der Waals surface area (Å²) in [7, 11) is 0. The van der Waals surface area contributed by atoms with Gasteiger partial charge in [-0.25, -0.2) is 0 Å². The zero-order valence-electron chi connectivity index (χ0n) is 18.9. The topological polar surface area (TPSA) is 94.7 Å². The summed E-state index contributed by atoms with van der Waals surface area (Å²) in [6.07, 6.45) is 5.43. The van der Waals surface area contributed by atoms with E-state index in [1.807, 2.05) is 18.2 Å². The number of benzene rings is 2. The van der Waals surface area contributed by atoms with Crippen molar-refractivity contribution in [3.05, 3.63) is 93.1 Å². The van der Waals surface area contributed by atoms with E-state index in [2.05, 4.69) is 39.0 Å². The number of tetrazole rings is 1. The third-order valence-corrected chi connectivity index (χ3v) is 7.23. The van der Waals surface area contributed by atoms with Crippen molar-refractivity contribution in [1.82, 2.24) is 30.1 Å². The van der Waals surface area contributed by atoms with Gasteiger partial charge in [-0.15, -0.1) is 5.10 Å². The second-order valence-corrected chi connectivity index (χ2v) is 9.57. The van der Waals surface area contributed by atoms with Crippen LogP contribution in [-0.4, -0.2) is 36.7 Å². The van der Waals surface area contributed by atoms with Gasteiger partial charge in [0.25, 0.3) is 5.56 Å². The molecule has 1 unspecified atom stereocenters. The van der Waals surface area contributed by atoms with Gasteiger partial charge in [0.05, 0.1) is 5.69 Å². The number of aromatic nitrogens is 5. The Labute approximate surface area is 206 Å². The van der Waals surface area contributed by atoms with Crippen molar-refractivity contribution in [3.63, 3.8) is 0 Å². The van der Waals surface area contributed by atoms with Crippen LogP contribution in [0, 0.1) is 0 Å². The number of aryl methyl sites for hydroxylation is 2. The molecule has 0 radical (unpaired) electrons. The van der Waals surface area contributed by atoms with E-state index >= 15 is 0 Å². The summed E-state index contributed by atoms with van der Waals surface area (Å²) in [4.78, 5) is 26.5. The van der Waals surface area contributed by atoms with E-state index in [1.165, 1.54) is 22.1 Å². The molecule has 6 rings (SSSR count). The lowest BCUT2D eigenvalue weighted by molar-refractivity contribution is -0.125. The standard InChI is InChI=1S/C26H23ClN6O2/c27-19-6-9-23(32-15-28-30-31-32)22(14-19)18-12-21-8-10-24(33(21)25(34)13-18)26(35)29-20-7-5-16-3-1-2-4-17(16)11-20/h1-4,6,9,12-15,20,24H,5,7-8,10-11H2,(H,29,35)/t20?,24-/m0/s1. The number of amides is 1. The zero-order chi connectivity index (χ0) is 23.9. The van der Waals surface area contributed by atoms with Crippen LogP contribution in [0.4, 0.5) is 0 Å². The van der Waals surface area contributed by atoms with Crippen LogP contribution in [0.1, 0.15) is 35.7 Å². The molecule has 8 nitrogen and oxygen atoms in total. The van der Waals surface area contributed by atoms with E-state index in [0.29, 0.717) is 23.6 Å². The van der Waals surface area contributed by atoms with Gasteiger partial charge in [-0.3, -0.25) is 9.59 Å². The highest BCUT2D eigenvalue weighted by molar-refractivity contribution is 6.31. The van der Waals surface area contributed by atoms with E-state index in [0.717, 1.165) is 36.1 Å². The average Bonchev–Trinajstić information content (AvgIpc) is 3.54. The van der Waals surface area contributed by atoms with Gasteiger partial charge in [0.1, 0.15) is 12.4 Å². The summed E-state index contributed by atoms with van der Waals surface area (Å²) in [5.74, 6) is -0.0832. The largest absolute Gasteiger partial charge is 0.351 e. The van der Waals surface area contributed by atoms with E-state index < -0.39 is 6.04 Å². The normalized spacial score (nSPS) is 18.7. The van der Waals surface area contributed by atoms with Crippen molar-refractivity contribution < 1.29 is 4.79 Å². The van der Waals surface area contributed by atoms with E-state index in [9.17, 15) is 9.59 Å². The number of pyridine rings is 1. The predicted octanol–water partition coefficient (Wildman–Crippen LogP) is 3.31. The molecule has 1 amide bonds. The van der Waals surface area contributed by atoms with E-state index in [-0.39, 0.29) is 17.5 Å². The molecule has 1 aliphatic carbocycles. The van der Waals surface area contributed by atoms with Crippen LogP contribution in [-0.2, 0) is 24.1 Å². The molecule has 0 fully saturated rings. The van der Waals surface area contributed by atoms with E-state index in [4.69, 9.17) is 11.6 Å². The van der Waals surface area contributed by atoms with Crippen LogP contribution in [0.2, 0.25) is 5.02 Å². The lowest BCUT2D eigenvalue weighted by atomic mass is 9.88. The molecule has 0 spiro atoms. The minimum absolute atomic E-state index is 0.0832. The predicted molar refractivity (Wildman–Crippen MR) is 132 cm³/mol. The molecule has 2 atom stereocenters. The molecular weight excluding hydrogens is 464 g/mol. The van der Waals surface area contributed by atoms with Gasteiger partial charge in [-0.2, -0.15) is 4.68 Å². The Hall–Kier alpha value is -3.78. The third-order valence-electron chi connectivity index (χ3n) is 6.99. The number of nitrogens with one attached hydrogen (secondary N) is 1. The zero-order valence-corrected chi connectivity index (χ0v) is 19.7. The number of carbonyl (C=O) groups is 1. The maximum absolute atomic E-state index is 13.3. The van der Waals surface area contributed by atoms with Gasteiger partial charge in [0.15, 0.2) is 0 Å². The number of halogens is 1. The molecule has 4 aromatic rings. The molecule has 2 aliphatic rings. The van der Waals surface area contributed by atoms with Gasteiger partial charge in [-0.1, -0.05) is 35.9 Å². The van der Waals surface area contributed by atoms with Crippen molar-refractivity contribution in [2.45, 2.75) is 44.2 Å². The SMILES string of the molecule is O=C(NC1CCc2ccccc2C1)[C@@H]1CCc2cc(-c3cc(Cl)ccc3-n3cnnn3)cc(=O)n21. The molecule has 2 aromatic carbocycles. The van der Waals surface area contributed by atoms with Crippen molar-refractivity contribution in [2.75, 3.05) is 0 Å². The summed E-state index contributed by atoms with van der Waals surface area (Å²) in [5, 5.41) is 15.2. The quantitative estimate of drug-likeness (QED) is 0.477. The summed E-state index contributed by atoms with van der Waals surface area (Å²) < 4.78 is 3.17. The van der Waals surface area contributed by atoms with Gasteiger partial charge in [0, 0.05) is 28.4 Å². The first-order chi connectivity index (χ1) is 17.1. The Balaban J connectivity index is 1.28. The summed E-state index contributed by atoms with van der Waals surface area (Å²) >= 11 is 6.28. The lowest BCUT2D eigenvalue weighted by Gasteiger charge is -2.27. The molecule has 0 saturated carbocycles. The Morgan fingerprint density at radius 3 is 2.71 bits per heavy atom. The minimum Gasteiger partial charge on any atom is -0.351 e. The molecular formula is C26H23ClN6O2. The maximum Gasteiger partial charge on any atom is 0.252 e. The molecule has 2 aromatic heterocycles. The van der Waals surface area contributed by atoms with Crippen LogP contribution in [0.3, 0.4) is 0 Å². The number of fused-ring (bicyclic) bond motifs is 2. The van der Waals surface area contributed by atoms with E-state index in [1.54, 1.807) is 22.8 Å². The second kappa shape index (κ2) is 8.78. The molecule has 0 saturated heterocycles. The molecule has 9 heteroatoms. The first-order valence-corrected chi connectivity index (χ1v) is 12.1. The molecule has 176 valence electrons. The number of hydrogen-bond acceptors (Lipinski definition) is 5. The molecule has 1 aliphatic heterocycles. The molecule has 0 bridgehead atoms. The van der Waals surface area contributed by atoms with Crippen LogP contribution in [0.5, 0.6) is 0 Å². The van der Waals surface area contributed by atoms with Crippen molar-refractivity contribution in [3.8, 4) is 16.8 Å². The Morgan fingerprint density at radius 2 is 1.89 bits per heavy atom. The fraction of sp³-hybridized carbons (Fsp3) is 0.269. The minimum atomic E-state index is -0.498. The van der Waals surface area contributed by atoms with Crippen LogP contribution < -0.4 is 10.9 Å². The summed E-state index contributed by atoms with van der Waals surface area (Å²) in [6, 6.07) is 16.9. The third kappa shape index (κ3) is 4.04. The summed E-state index contributed by atoms with van der Waals surface area (Å²) in [5.41, 5.74) is 5.47. The monoisotopic (exact) mass is 486 g/mol. The highest BCUT2D eigenvalue weighted by atomic mass is 35.5. The van der Waals surface area contributed by atoms with Gasteiger partial charge < -0.3 is 9.88 Å². The highest BCUT2D eigenvalue weighted by Gasteiger charge is 2.32. The number of rotatable bonds is 4. The molecule has 35 heavy (non-hydrogen) atoms. The Kier molecular flexibility index (Phi) is 5.45. The Bertz CT molecular complexity index is 1480. The maximum atomic E-state index is 13.3. The van der Waals surface area contributed by atoms with Crippen LogP contribution >= 0.6 is 11.6 Å². The summed E-state index contributed by atoms with van der Waals surface area (Å²) in [6.45, 7) is 0. The smallest absolute Gasteiger partial charge is 0.252 e. The lowest BCUT2D eigenvalue weighted by Crippen LogP contribution is -2.43. The van der Waals surface area contributed by atoms with Crippen LogP contribution in [0.15, 0.2) is 65.7 Å². The van der Waals surface area contributed by atoms with Crippen LogP contribution in [0.25, 0.3) is 16.8 Å². The van der Waals surface area contributed by atoms with Crippen molar-refractivity contribution in [1.29, 1.82) is 0 Å². The van der Waals surface area contributed by atoms with Gasteiger partial charge in [-0.05, 0) is 83.5 Å². The van der Waals surface area contributed by atoms with Gasteiger partial charge >= 0.3 is 0 Å². The first-order valence-electron chi connectivity index (χ1n) is 11.7. The number of carbonyl (C=O) groups excluding carboxylic acids is 1. The number of hydrogen-bond donors (Lipinski definition) is 1. The fourth-order valence-corrected chi connectivity index (χ4v) is 5.50. The fourth-order valence-electron chi connectivity index (χ4n) is 5.33. The molecule has 3 heterocycles. The van der Waals surface area contributed by atoms with Gasteiger partial charge in [0.2, 0.25) is 5.91 Å². The molecule has 1 N–H and O–H groups in total. The second-order valence-electron chi connectivity index (χ2n) is 9.13. The average molecular weight is 487 g/mol.